The van der Waals surface area contributed by atoms with Gasteiger partial charge in [0.05, 0.1) is 19.3 Å². The van der Waals surface area contributed by atoms with Gasteiger partial charge in [-0.3, -0.25) is 0 Å². The Morgan fingerprint density at radius 3 is 2.59 bits per heavy atom. The fourth-order valence-corrected chi connectivity index (χ4v) is 1.84. The summed E-state index contributed by atoms with van der Waals surface area (Å²) in [5.74, 6) is 0. The summed E-state index contributed by atoms with van der Waals surface area (Å²) in [6.45, 7) is 9.79. The molecule has 0 aromatic rings. The zero-order valence-corrected chi connectivity index (χ0v) is 11.2. The number of hydrogen-bond donors (Lipinski definition) is 2. The predicted molar refractivity (Wildman–Crippen MR) is 66.1 cm³/mol. The lowest BCUT2D eigenvalue weighted by Gasteiger charge is -2.31. The molecule has 0 saturated carbocycles. The molecule has 17 heavy (non-hydrogen) atoms. The van der Waals surface area contributed by atoms with Crippen LogP contribution in [0.3, 0.4) is 0 Å². The van der Waals surface area contributed by atoms with Gasteiger partial charge in [-0.1, -0.05) is 6.92 Å². The number of hydrogen-bond acceptors (Lipinski definition) is 4. The summed E-state index contributed by atoms with van der Waals surface area (Å²) >= 11 is 0. The molecule has 0 bridgehead atoms. The van der Waals surface area contributed by atoms with Crippen LogP contribution in [0.4, 0.5) is 4.79 Å². The van der Waals surface area contributed by atoms with E-state index in [1.165, 1.54) is 0 Å². The lowest BCUT2D eigenvalue weighted by molar-refractivity contribution is 0.0256. The number of carbonyl (C=O) groups is 1. The van der Waals surface area contributed by atoms with Crippen molar-refractivity contribution in [2.75, 3.05) is 19.8 Å². The number of likely N-dealkylation sites (N-methyl/N-ethyl adjacent to an activating group) is 1. The molecule has 1 heterocycles. The highest BCUT2D eigenvalue weighted by atomic mass is 16.6. The van der Waals surface area contributed by atoms with Gasteiger partial charge in [-0.25, -0.2) is 4.79 Å². The summed E-state index contributed by atoms with van der Waals surface area (Å²) in [6.07, 6.45) is 0.510. The molecule has 0 aliphatic carbocycles. The zero-order valence-electron chi connectivity index (χ0n) is 11.2. The Morgan fingerprint density at radius 2 is 2.00 bits per heavy atom. The molecule has 1 saturated heterocycles. The Hall–Kier alpha value is -0.810. The minimum absolute atomic E-state index is 0.0302. The van der Waals surface area contributed by atoms with E-state index < -0.39 is 5.60 Å². The van der Waals surface area contributed by atoms with Crippen molar-refractivity contribution >= 4 is 6.09 Å². The van der Waals surface area contributed by atoms with Crippen LogP contribution in [0, 0.1) is 0 Å². The number of carbonyl (C=O) groups excluding carboxylic acids is 1. The van der Waals surface area contributed by atoms with Gasteiger partial charge in [-0.2, -0.15) is 0 Å². The average Bonchev–Trinajstić information content (AvgIpc) is 2.15. The van der Waals surface area contributed by atoms with E-state index in [2.05, 4.69) is 17.6 Å². The van der Waals surface area contributed by atoms with Gasteiger partial charge in [-0.15, -0.1) is 0 Å². The van der Waals surface area contributed by atoms with Gasteiger partial charge in [0.2, 0.25) is 0 Å². The second kappa shape index (κ2) is 6.21. The summed E-state index contributed by atoms with van der Waals surface area (Å²) in [5.41, 5.74) is -0.458. The molecule has 5 heteroatoms. The normalized spacial score (nSPS) is 25.4. The highest BCUT2D eigenvalue weighted by Crippen LogP contribution is 2.10. The van der Waals surface area contributed by atoms with Crippen LogP contribution in [0.5, 0.6) is 0 Å². The third-order valence-electron chi connectivity index (χ3n) is 2.42. The van der Waals surface area contributed by atoms with Crippen LogP contribution >= 0.6 is 0 Å². The Morgan fingerprint density at radius 1 is 1.35 bits per heavy atom. The monoisotopic (exact) mass is 244 g/mol. The van der Waals surface area contributed by atoms with E-state index in [0.717, 1.165) is 13.0 Å². The lowest BCUT2D eigenvalue weighted by Crippen LogP contribution is -2.50. The summed E-state index contributed by atoms with van der Waals surface area (Å²) in [4.78, 5) is 11.6. The van der Waals surface area contributed by atoms with Crippen molar-refractivity contribution in [3.8, 4) is 0 Å². The molecule has 1 aliphatic heterocycles. The van der Waals surface area contributed by atoms with Crippen LogP contribution in [0.1, 0.15) is 34.1 Å². The molecule has 2 atom stereocenters. The molecule has 0 radical (unpaired) electrons. The van der Waals surface area contributed by atoms with Crippen LogP contribution in [-0.2, 0) is 9.47 Å². The number of amides is 1. The molecule has 1 rings (SSSR count). The van der Waals surface area contributed by atoms with Gasteiger partial charge >= 0.3 is 6.09 Å². The standard InChI is InChI=1S/C12H24N2O3/c1-5-13-9-6-10(8-16-7-9)14-11(15)17-12(2,3)4/h9-10,13H,5-8H2,1-4H3,(H,14,15). The maximum Gasteiger partial charge on any atom is 0.407 e. The predicted octanol–water partition coefficient (Wildman–Crippen LogP) is 1.28. The van der Waals surface area contributed by atoms with E-state index >= 15 is 0 Å². The van der Waals surface area contributed by atoms with Crippen LogP contribution < -0.4 is 10.6 Å². The molecule has 0 aromatic heterocycles. The van der Waals surface area contributed by atoms with E-state index in [1.54, 1.807) is 0 Å². The van der Waals surface area contributed by atoms with Crippen molar-refractivity contribution in [1.82, 2.24) is 10.6 Å². The van der Waals surface area contributed by atoms with Crippen LogP contribution in [-0.4, -0.2) is 43.5 Å². The Kier molecular flexibility index (Phi) is 5.21. The Balaban J connectivity index is 2.33. The van der Waals surface area contributed by atoms with E-state index in [1.807, 2.05) is 20.8 Å². The summed E-state index contributed by atoms with van der Waals surface area (Å²) in [5, 5.41) is 6.16. The van der Waals surface area contributed by atoms with E-state index in [9.17, 15) is 4.79 Å². The van der Waals surface area contributed by atoms with Crippen molar-refractivity contribution in [2.24, 2.45) is 0 Å². The fourth-order valence-electron chi connectivity index (χ4n) is 1.84. The number of alkyl carbamates (subject to hydrolysis) is 1. The summed E-state index contributed by atoms with van der Waals surface area (Å²) in [7, 11) is 0. The van der Waals surface area contributed by atoms with E-state index in [4.69, 9.17) is 9.47 Å². The molecule has 100 valence electrons. The molecule has 1 aliphatic rings. The first-order valence-corrected chi connectivity index (χ1v) is 6.21. The van der Waals surface area contributed by atoms with Crippen molar-refractivity contribution in [3.05, 3.63) is 0 Å². The molecule has 2 N–H and O–H groups in total. The summed E-state index contributed by atoms with van der Waals surface area (Å²) in [6, 6.07) is 0.344. The molecule has 1 fully saturated rings. The number of ether oxygens (including phenoxy) is 2. The highest BCUT2D eigenvalue weighted by molar-refractivity contribution is 5.68. The largest absolute Gasteiger partial charge is 0.444 e. The van der Waals surface area contributed by atoms with Crippen LogP contribution in [0.15, 0.2) is 0 Å². The fraction of sp³-hybridized carbons (Fsp3) is 0.917. The van der Waals surface area contributed by atoms with Gasteiger partial charge in [0.1, 0.15) is 5.60 Å². The molecular weight excluding hydrogens is 220 g/mol. The maximum absolute atomic E-state index is 11.6. The van der Waals surface area contributed by atoms with E-state index in [-0.39, 0.29) is 12.1 Å². The first-order chi connectivity index (χ1) is 7.90. The minimum atomic E-state index is -0.458. The molecule has 2 unspecified atom stereocenters. The Labute approximate surface area is 103 Å². The number of rotatable bonds is 3. The van der Waals surface area contributed by atoms with Crippen molar-refractivity contribution < 1.29 is 14.3 Å². The quantitative estimate of drug-likeness (QED) is 0.785. The van der Waals surface area contributed by atoms with Gasteiger partial charge < -0.3 is 20.1 Å². The third-order valence-corrected chi connectivity index (χ3v) is 2.42. The summed E-state index contributed by atoms with van der Waals surface area (Å²) < 4.78 is 10.7. The SMILES string of the molecule is CCNC1COCC(NC(=O)OC(C)(C)C)C1. The van der Waals surface area contributed by atoms with Crippen molar-refractivity contribution in [3.63, 3.8) is 0 Å². The molecule has 0 spiro atoms. The lowest BCUT2D eigenvalue weighted by atomic mass is 10.1. The maximum atomic E-state index is 11.6. The number of nitrogens with one attached hydrogen (secondary N) is 2. The van der Waals surface area contributed by atoms with Crippen LogP contribution in [0.25, 0.3) is 0 Å². The second-order valence-corrected chi connectivity index (χ2v) is 5.37. The van der Waals surface area contributed by atoms with Gasteiger partial charge in [0, 0.05) is 6.04 Å². The zero-order chi connectivity index (χ0) is 12.9. The van der Waals surface area contributed by atoms with Gasteiger partial charge in [0.15, 0.2) is 0 Å². The molecular formula is C12H24N2O3. The first-order valence-electron chi connectivity index (χ1n) is 6.21. The van der Waals surface area contributed by atoms with Crippen LogP contribution in [0.2, 0.25) is 0 Å². The average molecular weight is 244 g/mol. The minimum Gasteiger partial charge on any atom is -0.444 e. The van der Waals surface area contributed by atoms with Gasteiger partial charge in [-0.05, 0) is 33.7 Å². The third kappa shape index (κ3) is 5.89. The molecule has 5 nitrogen and oxygen atoms in total. The first kappa shape index (κ1) is 14.3. The Bertz CT molecular complexity index is 249. The molecule has 0 aromatic carbocycles. The highest BCUT2D eigenvalue weighted by Gasteiger charge is 2.25. The second-order valence-electron chi connectivity index (χ2n) is 5.37. The smallest absolute Gasteiger partial charge is 0.407 e. The topological polar surface area (TPSA) is 59.6 Å². The van der Waals surface area contributed by atoms with E-state index in [0.29, 0.717) is 19.3 Å². The van der Waals surface area contributed by atoms with Gasteiger partial charge in [0.25, 0.3) is 0 Å². The van der Waals surface area contributed by atoms with Crippen molar-refractivity contribution in [2.45, 2.75) is 51.8 Å². The van der Waals surface area contributed by atoms with Crippen molar-refractivity contribution in [1.29, 1.82) is 0 Å². The molecule has 1 amide bonds.